The van der Waals surface area contributed by atoms with E-state index in [1.165, 1.54) is 21.0 Å². The van der Waals surface area contributed by atoms with Gasteiger partial charge in [0.05, 0.1) is 18.4 Å². The molecule has 2 amide bonds. The highest BCUT2D eigenvalue weighted by atomic mass is 16.5. The predicted octanol–water partition coefficient (Wildman–Crippen LogP) is 3.69. The van der Waals surface area contributed by atoms with Crippen molar-refractivity contribution >= 4 is 29.2 Å². The number of rotatable bonds is 5. The van der Waals surface area contributed by atoms with Gasteiger partial charge in [0.1, 0.15) is 5.41 Å². The maximum atomic E-state index is 12.7. The second-order valence-electron chi connectivity index (χ2n) is 6.87. The van der Waals surface area contributed by atoms with E-state index in [1.54, 1.807) is 30.3 Å². The quantitative estimate of drug-likeness (QED) is 0.623. The van der Waals surface area contributed by atoms with Crippen LogP contribution in [0.15, 0.2) is 42.5 Å². The van der Waals surface area contributed by atoms with Gasteiger partial charge in [0.25, 0.3) is 0 Å². The molecule has 27 heavy (non-hydrogen) atoms. The number of carbonyl (C=O) groups is 3. The summed E-state index contributed by atoms with van der Waals surface area (Å²) in [5.41, 5.74) is 1.94. The lowest BCUT2D eigenvalue weighted by molar-refractivity contribution is -0.135. The van der Waals surface area contributed by atoms with Gasteiger partial charge in [0, 0.05) is 5.69 Å². The van der Waals surface area contributed by atoms with E-state index in [9.17, 15) is 14.4 Å². The van der Waals surface area contributed by atoms with Crippen LogP contribution in [0.4, 0.5) is 11.4 Å². The Bertz CT molecular complexity index is 888. The summed E-state index contributed by atoms with van der Waals surface area (Å²) in [4.78, 5) is 37.2. The minimum absolute atomic E-state index is 0.221. The standard InChI is InChI=1S/C21H24N2O4/c1-13-10-11-15(12-14(13)2)22-19(25)21(3,4)20(26)23-17-9-7-6-8-16(17)18(24)27-5/h6-12H,1-5H3,(H,22,25)(H,23,26). The van der Waals surface area contributed by atoms with E-state index in [2.05, 4.69) is 10.6 Å². The molecule has 6 heteroatoms. The molecule has 2 aromatic carbocycles. The van der Waals surface area contributed by atoms with E-state index in [0.29, 0.717) is 11.4 Å². The average molecular weight is 368 g/mol. The van der Waals surface area contributed by atoms with Crippen molar-refractivity contribution in [3.8, 4) is 0 Å². The molecule has 0 radical (unpaired) electrons. The van der Waals surface area contributed by atoms with Gasteiger partial charge in [-0.3, -0.25) is 9.59 Å². The van der Waals surface area contributed by atoms with Crippen LogP contribution in [0, 0.1) is 19.3 Å². The molecule has 2 N–H and O–H groups in total. The largest absolute Gasteiger partial charge is 0.465 e. The summed E-state index contributed by atoms with van der Waals surface area (Å²) in [6.07, 6.45) is 0. The average Bonchev–Trinajstić information content (AvgIpc) is 2.64. The minimum Gasteiger partial charge on any atom is -0.465 e. The number of benzene rings is 2. The Kier molecular flexibility index (Phi) is 6.00. The second kappa shape index (κ2) is 8.03. The minimum atomic E-state index is -1.36. The molecule has 0 aromatic heterocycles. The molecule has 0 aliphatic carbocycles. The maximum Gasteiger partial charge on any atom is 0.339 e. The fraction of sp³-hybridized carbons (Fsp3) is 0.286. The number of methoxy groups -OCH3 is 1. The first-order chi connectivity index (χ1) is 12.7. The Hall–Kier alpha value is -3.15. The Balaban J connectivity index is 2.18. The number of aryl methyl sites for hydroxylation is 2. The van der Waals surface area contributed by atoms with E-state index in [1.807, 2.05) is 26.0 Å². The van der Waals surface area contributed by atoms with Gasteiger partial charge < -0.3 is 15.4 Å². The molecule has 0 spiro atoms. The van der Waals surface area contributed by atoms with Gasteiger partial charge in [0.2, 0.25) is 11.8 Å². The van der Waals surface area contributed by atoms with Crippen molar-refractivity contribution < 1.29 is 19.1 Å². The van der Waals surface area contributed by atoms with Gasteiger partial charge in [-0.05, 0) is 63.1 Å². The lowest BCUT2D eigenvalue weighted by Crippen LogP contribution is -2.41. The van der Waals surface area contributed by atoms with Crippen LogP contribution in [0.2, 0.25) is 0 Å². The number of nitrogens with one attached hydrogen (secondary N) is 2. The molecule has 0 aliphatic heterocycles. The van der Waals surface area contributed by atoms with Crippen LogP contribution in [0.3, 0.4) is 0 Å². The summed E-state index contributed by atoms with van der Waals surface area (Å²) in [7, 11) is 1.27. The van der Waals surface area contributed by atoms with Crippen molar-refractivity contribution in [2.24, 2.45) is 5.41 Å². The number of esters is 1. The van der Waals surface area contributed by atoms with Crippen molar-refractivity contribution in [3.63, 3.8) is 0 Å². The molecule has 0 saturated carbocycles. The normalized spacial score (nSPS) is 10.9. The maximum absolute atomic E-state index is 12.7. The molecule has 0 atom stereocenters. The lowest BCUT2D eigenvalue weighted by atomic mass is 9.90. The topological polar surface area (TPSA) is 84.5 Å². The smallest absolute Gasteiger partial charge is 0.339 e. The number of hydrogen-bond donors (Lipinski definition) is 2. The van der Waals surface area contributed by atoms with Gasteiger partial charge in [0.15, 0.2) is 0 Å². The number of para-hydroxylation sites is 1. The molecule has 2 aromatic rings. The summed E-state index contributed by atoms with van der Waals surface area (Å²) in [5, 5.41) is 5.43. The van der Waals surface area contributed by atoms with E-state index in [-0.39, 0.29) is 5.56 Å². The fourth-order valence-electron chi connectivity index (χ4n) is 2.37. The van der Waals surface area contributed by atoms with Crippen molar-refractivity contribution in [1.82, 2.24) is 0 Å². The van der Waals surface area contributed by atoms with Gasteiger partial charge in [-0.2, -0.15) is 0 Å². The Labute approximate surface area is 158 Å². The van der Waals surface area contributed by atoms with Crippen LogP contribution in [-0.2, 0) is 14.3 Å². The zero-order valence-corrected chi connectivity index (χ0v) is 16.2. The number of amides is 2. The third-order valence-electron chi connectivity index (χ3n) is 4.48. The van der Waals surface area contributed by atoms with E-state index >= 15 is 0 Å². The van der Waals surface area contributed by atoms with Crippen LogP contribution >= 0.6 is 0 Å². The summed E-state index contributed by atoms with van der Waals surface area (Å²) >= 11 is 0. The van der Waals surface area contributed by atoms with Crippen molar-refractivity contribution in [2.75, 3.05) is 17.7 Å². The van der Waals surface area contributed by atoms with Crippen LogP contribution in [0.5, 0.6) is 0 Å². The van der Waals surface area contributed by atoms with Gasteiger partial charge in [-0.1, -0.05) is 18.2 Å². The summed E-state index contributed by atoms with van der Waals surface area (Å²) in [6, 6.07) is 12.0. The number of carbonyl (C=O) groups excluding carboxylic acids is 3. The van der Waals surface area contributed by atoms with E-state index < -0.39 is 23.2 Å². The number of anilines is 2. The van der Waals surface area contributed by atoms with Crippen LogP contribution < -0.4 is 10.6 Å². The second-order valence-corrected chi connectivity index (χ2v) is 6.87. The van der Waals surface area contributed by atoms with Gasteiger partial charge in [-0.15, -0.1) is 0 Å². The SMILES string of the molecule is COC(=O)c1ccccc1NC(=O)C(C)(C)C(=O)Nc1ccc(C)c(C)c1. The number of hydrogen-bond acceptors (Lipinski definition) is 4. The highest BCUT2D eigenvalue weighted by molar-refractivity contribution is 6.15. The van der Waals surface area contributed by atoms with Crippen LogP contribution in [-0.4, -0.2) is 24.9 Å². The zero-order chi connectivity index (χ0) is 20.2. The molecule has 0 heterocycles. The van der Waals surface area contributed by atoms with Crippen molar-refractivity contribution in [1.29, 1.82) is 0 Å². The van der Waals surface area contributed by atoms with E-state index in [4.69, 9.17) is 4.74 Å². The Morgan fingerprint density at radius 2 is 1.52 bits per heavy atom. The summed E-state index contributed by atoms with van der Waals surface area (Å²) in [6.45, 7) is 6.99. The Morgan fingerprint density at radius 1 is 0.889 bits per heavy atom. The van der Waals surface area contributed by atoms with Crippen molar-refractivity contribution in [2.45, 2.75) is 27.7 Å². The van der Waals surface area contributed by atoms with Gasteiger partial charge in [-0.25, -0.2) is 4.79 Å². The van der Waals surface area contributed by atoms with Gasteiger partial charge >= 0.3 is 5.97 Å². The third kappa shape index (κ3) is 4.53. The third-order valence-corrected chi connectivity index (χ3v) is 4.48. The molecule has 0 saturated heterocycles. The molecule has 0 bridgehead atoms. The van der Waals surface area contributed by atoms with Crippen LogP contribution in [0.25, 0.3) is 0 Å². The summed E-state index contributed by atoms with van der Waals surface area (Å²) in [5.74, 6) is -1.54. The number of ether oxygens (including phenoxy) is 1. The first kappa shape index (κ1) is 20.2. The first-order valence-corrected chi connectivity index (χ1v) is 8.54. The predicted molar refractivity (Wildman–Crippen MR) is 105 cm³/mol. The summed E-state index contributed by atoms with van der Waals surface area (Å²) < 4.78 is 4.72. The molecule has 2 rings (SSSR count). The molecule has 0 fully saturated rings. The molecule has 6 nitrogen and oxygen atoms in total. The highest BCUT2D eigenvalue weighted by Gasteiger charge is 2.36. The zero-order valence-electron chi connectivity index (χ0n) is 16.2. The molecule has 0 unspecified atom stereocenters. The monoisotopic (exact) mass is 368 g/mol. The fourth-order valence-corrected chi connectivity index (χ4v) is 2.37. The molecule has 0 aliphatic rings. The van der Waals surface area contributed by atoms with E-state index in [0.717, 1.165) is 11.1 Å². The molecular formula is C21H24N2O4. The highest BCUT2D eigenvalue weighted by Crippen LogP contribution is 2.24. The molecule has 142 valence electrons. The lowest BCUT2D eigenvalue weighted by Gasteiger charge is -2.23. The van der Waals surface area contributed by atoms with Crippen LogP contribution in [0.1, 0.15) is 35.3 Å². The molecular weight excluding hydrogens is 344 g/mol. The Morgan fingerprint density at radius 3 is 2.15 bits per heavy atom. The first-order valence-electron chi connectivity index (χ1n) is 8.54. The van der Waals surface area contributed by atoms with Crippen molar-refractivity contribution in [3.05, 3.63) is 59.2 Å².